The van der Waals surface area contributed by atoms with Gasteiger partial charge in [-0.3, -0.25) is 4.57 Å². The Morgan fingerprint density at radius 1 is 1.19 bits per heavy atom. The lowest BCUT2D eigenvalue weighted by atomic mass is 10.0. The first-order valence-corrected chi connectivity index (χ1v) is 9.04. The smallest absolute Gasteiger partial charge is 0.290 e. The van der Waals surface area contributed by atoms with Crippen LogP contribution in [-0.2, 0) is 5.60 Å². The fourth-order valence-corrected chi connectivity index (χ4v) is 4.20. The van der Waals surface area contributed by atoms with Gasteiger partial charge >= 0.3 is 0 Å². The summed E-state index contributed by atoms with van der Waals surface area (Å²) in [6, 6.07) is 8.11. The SMILES string of the molecule is OC1(c2nc(N3C=NC4c5ccccc5-n5cncc5N43)no2)CCCC1. The molecule has 136 valence electrons. The highest BCUT2D eigenvalue weighted by Crippen LogP contribution is 2.43. The molecule has 1 atom stereocenters. The second kappa shape index (κ2) is 5.17. The van der Waals surface area contributed by atoms with Gasteiger partial charge in [0.25, 0.3) is 11.8 Å². The van der Waals surface area contributed by atoms with Gasteiger partial charge in [0, 0.05) is 5.56 Å². The van der Waals surface area contributed by atoms with E-state index in [4.69, 9.17) is 4.52 Å². The quantitative estimate of drug-likeness (QED) is 0.746. The molecule has 1 N–H and O–H groups in total. The Kier molecular flexibility index (Phi) is 2.85. The molecule has 9 nitrogen and oxygen atoms in total. The minimum Gasteiger partial charge on any atom is -0.380 e. The van der Waals surface area contributed by atoms with Crippen LogP contribution in [0, 0.1) is 0 Å². The predicted molar refractivity (Wildman–Crippen MR) is 96.4 cm³/mol. The highest BCUT2D eigenvalue weighted by atomic mass is 16.5. The van der Waals surface area contributed by atoms with E-state index in [2.05, 4.69) is 32.2 Å². The lowest BCUT2D eigenvalue weighted by Crippen LogP contribution is -2.43. The van der Waals surface area contributed by atoms with Crippen LogP contribution in [0.4, 0.5) is 11.8 Å². The van der Waals surface area contributed by atoms with Gasteiger partial charge in [0.05, 0.1) is 11.9 Å². The molecule has 4 heterocycles. The average molecular weight is 363 g/mol. The van der Waals surface area contributed by atoms with E-state index < -0.39 is 5.60 Å². The normalized spacial score (nSPS) is 22.0. The maximum absolute atomic E-state index is 10.7. The third-order valence-corrected chi connectivity index (χ3v) is 5.56. The van der Waals surface area contributed by atoms with Gasteiger partial charge in [0.15, 0.2) is 12.0 Å². The highest BCUT2D eigenvalue weighted by Gasteiger charge is 2.42. The molecule has 0 saturated heterocycles. The molecule has 9 heteroatoms. The molecule has 0 amide bonds. The maximum atomic E-state index is 10.7. The van der Waals surface area contributed by atoms with Gasteiger partial charge in [-0.25, -0.2) is 20.0 Å². The molecule has 1 aliphatic carbocycles. The molecular formula is C18H17N7O2. The number of para-hydroxylation sites is 1. The lowest BCUT2D eigenvalue weighted by Gasteiger charge is -2.35. The summed E-state index contributed by atoms with van der Waals surface area (Å²) < 4.78 is 7.43. The number of rotatable bonds is 2. The second-order valence-corrected chi connectivity index (χ2v) is 7.15. The number of hydrogen-bond donors (Lipinski definition) is 1. The molecule has 0 bridgehead atoms. The van der Waals surface area contributed by atoms with Gasteiger partial charge in [0.2, 0.25) is 0 Å². The van der Waals surface area contributed by atoms with Gasteiger partial charge in [-0.15, -0.1) is 0 Å². The molecular weight excluding hydrogens is 346 g/mol. The van der Waals surface area contributed by atoms with Crippen LogP contribution in [0.15, 0.2) is 46.3 Å². The number of aromatic nitrogens is 4. The number of anilines is 2. The zero-order valence-electron chi connectivity index (χ0n) is 14.4. The standard InChI is InChI=1S/C18H17N7O2/c26-18(7-3-4-8-18)16-21-17(22-27-16)24-11-20-15-12-5-1-2-6-13(12)23-10-19-9-14(23)25(15)24/h1-2,5-6,9-11,15,26H,3-4,7-8H2. The molecule has 6 rings (SSSR count). The van der Waals surface area contributed by atoms with Crippen molar-refractivity contribution in [3.8, 4) is 5.69 Å². The van der Waals surface area contributed by atoms with E-state index in [0.717, 1.165) is 29.9 Å². The number of aliphatic imine (C=N–C) groups is 1. The summed E-state index contributed by atoms with van der Waals surface area (Å²) in [7, 11) is 0. The van der Waals surface area contributed by atoms with Crippen molar-refractivity contribution in [1.29, 1.82) is 0 Å². The van der Waals surface area contributed by atoms with Crippen molar-refractivity contribution in [2.24, 2.45) is 4.99 Å². The van der Waals surface area contributed by atoms with E-state index in [9.17, 15) is 5.11 Å². The summed E-state index contributed by atoms with van der Waals surface area (Å²) in [4.78, 5) is 13.5. The van der Waals surface area contributed by atoms with Crippen molar-refractivity contribution in [3.63, 3.8) is 0 Å². The first kappa shape index (κ1) is 14.9. The second-order valence-electron chi connectivity index (χ2n) is 7.15. The lowest BCUT2D eigenvalue weighted by molar-refractivity contribution is 0.0112. The van der Waals surface area contributed by atoms with Crippen molar-refractivity contribution < 1.29 is 9.63 Å². The van der Waals surface area contributed by atoms with Crippen LogP contribution < -0.4 is 10.0 Å². The van der Waals surface area contributed by atoms with E-state index in [-0.39, 0.29) is 12.1 Å². The fraction of sp³-hybridized carbons (Fsp3) is 0.333. The zero-order chi connectivity index (χ0) is 18.0. The third kappa shape index (κ3) is 1.97. The number of hydrogen-bond acceptors (Lipinski definition) is 8. The Labute approximate surface area is 154 Å². The molecule has 27 heavy (non-hydrogen) atoms. The van der Waals surface area contributed by atoms with Crippen molar-refractivity contribution >= 4 is 18.1 Å². The van der Waals surface area contributed by atoms with Gasteiger partial charge in [0.1, 0.15) is 18.3 Å². The summed E-state index contributed by atoms with van der Waals surface area (Å²) in [5.41, 5.74) is 1.11. The molecule has 0 radical (unpaired) electrons. The largest absolute Gasteiger partial charge is 0.380 e. The van der Waals surface area contributed by atoms with Crippen molar-refractivity contribution in [3.05, 3.63) is 48.2 Å². The number of nitrogens with zero attached hydrogens (tertiary/aromatic N) is 7. The Balaban J connectivity index is 1.42. The summed E-state index contributed by atoms with van der Waals surface area (Å²) in [5, 5.41) is 18.6. The summed E-state index contributed by atoms with van der Waals surface area (Å²) in [6.07, 6.45) is 8.26. The van der Waals surface area contributed by atoms with Crippen LogP contribution in [0.25, 0.3) is 5.69 Å². The molecule has 2 aromatic heterocycles. The van der Waals surface area contributed by atoms with Crippen molar-refractivity contribution in [2.75, 3.05) is 10.0 Å². The first-order chi connectivity index (χ1) is 13.2. The van der Waals surface area contributed by atoms with Crippen LogP contribution in [0.5, 0.6) is 0 Å². The van der Waals surface area contributed by atoms with Crippen LogP contribution in [0.3, 0.4) is 0 Å². The van der Waals surface area contributed by atoms with Crippen molar-refractivity contribution in [1.82, 2.24) is 19.7 Å². The maximum Gasteiger partial charge on any atom is 0.290 e. The van der Waals surface area contributed by atoms with E-state index >= 15 is 0 Å². The minimum atomic E-state index is -1.02. The number of fused-ring (bicyclic) bond motifs is 6. The first-order valence-electron chi connectivity index (χ1n) is 9.04. The molecule has 3 aliphatic rings. The molecule has 0 spiro atoms. The summed E-state index contributed by atoms with van der Waals surface area (Å²) >= 11 is 0. The van der Waals surface area contributed by atoms with Gasteiger partial charge in [-0.05, 0) is 36.9 Å². The van der Waals surface area contributed by atoms with Gasteiger partial charge in [-0.1, -0.05) is 18.2 Å². The summed E-state index contributed by atoms with van der Waals surface area (Å²) in [6.45, 7) is 0. The molecule has 2 aliphatic heterocycles. The summed E-state index contributed by atoms with van der Waals surface area (Å²) in [5.74, 6) is 1.49. The monoisotopic (exact) mass is 363 g/mol. The third-order valence-electron chi connectivity index (χ3n) is 5.56. The predicted octanol–water partition coefficient (Wildman–Crippen LogP) is 2.30. The van der Waals surface area contributed by atoms with E-state index in [0.29, 0.717) is 18.8 Å². The Bertz CT molecular complexity index is 1050. The Morgan fingerprint density at radius 2 is 2.04 bits per heavy atom. The van der Waals surface area contributed by atoms with Gasteiger partial charge in [-0.2, -0.15) is 4.98 Å². The number of benzene rings is 1. The zero-order valence-corrected chi connectivity index (χ0v) is 14.4. The Hall–Kier alpha value is -3.20. The molecule has 1 unspecified atom stereocenters. The van der Waals surface area contributed by atoms with Crippen LogP contribution >= 0.6 is 0 Å². The highest BCUT2D eigenvalue weighted by molar-refractivity contribution is 5.85. The number of hydrazine groups is 1. The van der Waals surface area contributed by atoms with Crippen LogP contribution in [0.2, 0.25) is 0 Å². The average Bonchev–Trinajstić information content (AvgIpc) is 3.45. The Morgan fingerprint density at radius 3 is 2.93 bits per heavy atom. The number of imidazole rings is 1. The van der Waals surface area contributed by atoms with Crippen molar-refractivity contribution in [2.45, 2.75) is 37.5 Å². The molecule has 1 aromatic carbocycles. The number of aliphatic hydroxyl groups is 1. The topological polar surface area (TPSA) is 95.8 Å². The molecule has 1 fully saturated rings. The molecule has 1 saturated carbocycles. The molecule has 3 aromatic rings. The van der Waals surface area contributed by atoms with Crippen LogP contribution in [-0.4, -0.2) is 31.1 Å². The fourth-order valence-electron chi connectivity index (χ4n) is 4.20. The van der Waals surface area contributed by atoms with Gasteiger partial charge < -0.3 is 9.63 Å². The van der Waals surface area contributed by atoms with E-state index in [1.54, 1.807) is 23.9 Å². The minimum absolute atomic E-state index is 0.220. The van der Waals surface area contributed by atoms with E-state index in [1.807, 2.05) is 21.7 Å². The van der Waals surface area contributed by atoms with Crippen LogP contribution in [0.1, 0.15) is 43.3 Å². The van der Waals surface area contributed by atoms with E-state index in [1.165, 1.54) is 0 Å².